The monoisotopic (exact) mass is 200 g/mol. The van der Waals surface area contributed by atoms with Gasteiger partial charge in [-0.1, -0.05) is 0 Å². The largest absolute Gasteiger partial charge is 0.435 e. The SMILES string of the molecule is CC(=O)c1ccc(OC(F)F)c(C)c1. The van der Waals surface area contributed by atoms with Crippen molar-refractivity contribution >= 4 is 5.78 Å². The molecule has 2 nitrogen and oxygen atoms in total. The van der Waals surface area contributed by atoms with Gasteiger partial charge in [0.2, 0.25) is 0 Å². The number of benzene rings is 1. The van der Waals surface area contributed by atoms with E-state index in [9.17, 15) is 13.6 Å². The first-order valence-electron chi connectivity index (χ1n) is 4.07. The number of ketones is 1. The van der Waals surface area contributed by atoms with Crippen LogP contribution in [0, 0.1) is 6.92 Å². The van der Waals surface area contributed by atoms with E-state index in [1.165, 1.54) is 25.1 Å². The van der Waals surface area contributed by atoms with Crippen LogP contribution in [0.2, 0.25) is 0 Å². The van der Waals surface area contributed by atoms with E-state index >= 15 is 0 Å². The molecule has 4 heteroatoms. The fourth-order valence-corrected chi connectivity index (χ4v) is 1.10. The number of hydrogen-bond donors (Lipinski definition) is 0. The van der Waals surface area contributed by atoms with Crippen molar-refractivity contribution in [3.63, 3.8) is 0 Å². The second kappa shape index (κ2) is 4.17. The van der Waals surface area contributed by atoms with Gasteiger partial charge in [0, 0.05) is 5.56 Å². The third-order valence-electron chi connectivity index (χ3n) is 1.80. The maximum Gasteiger partial charge on any atom is 0.387 e. The lowest BCUT2D eigenvalue weighted by Crippen LogP contribution is -2.04. The number of ether oxygens (including phenoxy) is 1. The second-order valence-electron chi connectivity index (χ2n) is 2.91. The van der Waals surface area contributed by atoms with E-state index in [0.717, 1.165) is 0 Å². The molecule has 76 valence electrons. The fourth-order valence-electron chi connectivity index (χ4n) is 1.10. The first kappa shape index (κ1) is 10.6. The Morgan fingerprint density at radius 2 is 2.07 bits per heavy atom. The molecule has 0 bridgehead atoms. The molecule has 1 aromatic carbocycles. The first-order valence-corrected chi connectivity index (χ1v) is 4.07. The van der Waals surface area contributed by atoms with E-state index in [0.29, 0.717) is 11.1 Å². The van der Waals surface area contributed by atoms with Gasteiger partial charge in [0.05, 0.1) is 0 Å². The topological polar surface area (TPSA) is 26.3 Å². The Kier molecular flexibility index (Phi) is 3.17. The number of carbonyl (C=O) groups excluding carboxylic acids is 1. The highest BCUT2D eigenvalue weighted by Gasteiger charge is 2.08. The average Bonchev–Trinajstić information content (AvgIpc) is 2.07. The zero-order valence-corrected chi connectivity index (χ0v) is 7.88. The number of aryl methyl sites for hydroxylation is 1. The number of rotatable bonds is 3. The highest BCUT2D eigenvalue weighted by atomic mass is 19.3. The normalized spacial score (nSPS) is 10.4. The standard InChI is InChI=1S/C10H10F2O2/c1-6-5-8(7(2)13)3-4-9(6)14-10(11)12/h3-5,10H,1-2H3. The van der Waals surface area contributed by atoms with Crippen molar-refractivity contribution in [2.45, 2.75) is 20.5 Å². The molecule has 0 spiro atoms. The molecule has 0 fully saturated rings. The molecule has 0 heterocycles. The quantitative estimate of drug-likeness (QED) is 0.701. The molecule has 0 atom stereocenters. The van der Waals surface area contributed by atoms with E-state index in [1.54, 1.807) is 6.92 Å². The lowest BCUT2D eigenvalue weighted by molar-refractivity contribution is -0.0502. The summed E-state index contributed by atoms with van der Waals surface area (Å²) >= 11 is 0. The van der Waals surface area contributed by atoms with Crippen LogP contribution in [0.15, 0.2) is 18.2 Å². The Morgan fingerprint density at radius 1 is 1.43 bits per heavy atom. The van der Waals surface area contributed by atoms with E-state index in [2.05, 4.69) is 4.74 Å². The van der Waals surface area contributed by atoms with E-state index in [4.69, 9.17) is 0 Å². The van der Waals surface area contributed by atoms with Crippen LogP contribution in [0.1, 0.15) is 22.8 Å². The molecule has 0 N–H and O–H groups in total. The molecule has 1 rings (SSSR count). The molecule has 0 saturated carbocycles. The van der Waals surface area contributed by atoms with Crippen LogP contribution in [0.25, 0.3) is 0 Å². The molecule has 0 aromatic heterocycles. The van der Waals surface area contributed by atoms with Gasteiger partial charge < -0.3 is 4.74 Å². The Hall–Kier alpha value is -1.45. The van der Waals surface area contributed by atoms with Gasteiger partial charge in [-0.2, -0.15) is 8.78 Å². The number of alkyl halides is 2. The van der Waals surface area contributed by atoms with Crippen molar-refractivity contribution in [1.82, 2.24) is 0 Å². The number of halogens is 2. The minimum absolute atomic E-state index is 0.100. The summed E-state index contributed by atoms with van der Waals surface area (Å²) in [7, 11) is 0. The lowest BCUT2D eigenvalue weighted by atomic mass is 10.1. The van der Waals surface area contributed by atoms with E-state index < -0.39 is 6.61 Å². The van der Waals surface area contributed by atoms with E-state index in [1.807, 2.05) is 0 Å². The van der Waals surface area contributed by atoms with Crippen LogP contribution in [0.4, 0.5) is 8.78 Å². The third kappa shape index (κ3) is 2.52. The Balaban J connectivity index is 2.95. The summed E-state index contributed by atoms with van der Waals surface area (Å²) in [4.78, 5) is 10.9. The van der Waals surface area contributed by atoms with Gasteiger partial charge in [0.1, 0.15) is 5.75 Å². The van der Waals surface area contributed by atoms with Crippen LogP contribution in [0.3, 0.4) is 0 Å². The Labute approximate surface area is 80.5 Å². The van der Waals surface area contributed by atoms with Gasteiger partial charge >= 0.3 is 6.61 Å². The van der Waals surface area contributed by atoms with Crippen molar-refractivity contribution in [2.24, 2.45) is 0 Å². The van der Waals surface area contributed by atoms with Crippen LogP contribution in [-0.4, -0.2) is 12.4 Å². The lowest BCUT2D eigenvalue weighted by Gasteiger charge is -2.08. The minimum atomic E-state index is -2.84. The van der Waals surface area contributed by atoms with Gasteiger partial charge in [0.25, 0.3) is 0 Å². The van der Waals surface area contributed by atoms with Crippen LogP contribution < -0.4 is 4.74 Å². The summed E-state index contributed by atoms with van der Waals surface area (Å²) in [6, 6.07) is 4.37. The minimum Gasteiger partial charge on any atom is -0.435 e. The van der Waals surface area contributed by atoms with Crippen molar-refractivity contribution in [3.8, 4) is 5.75 Å². The summed E-state index contributed by atoms with van der Waals surface area (Å²) in [6.07, 6.45) is 0. The summed E-state index contributed by atoms with van der Waals surface area (Å²) < 4.78 is 28.0. The van der Waals surface area contributed by atoms with Gasteiger partial charge in [-0.05, 0) is 37.6 Å². The van der Waals surface area contributed by atoms with Gasteiger partial charge in [0.15, 0.2) is 5.78 Å². The fraction of sp³-hybridized carbons (Fsp3) is 0.300. The maximum absolute atomic E-state index is 11.9. The predicted octanol–water partition coefficient (Wildman–Crippen LogP) is 2.80. The summed E-state index contributed by atoms with van der Waals surface area (Å²) in [6.45, 7) is 0.198. The molecule has 0 aliphatic heterocycles. The molecule has 0 unspecified atom stereocenters. The molecular formula is C10H10F2O2. The second-order valence-corrected chi connectivity index (χ2v) is 2.91. The molecule has 1 aromatic rings. The summed E-state index contributed by atoms with van der Waals surface area (Å²) in [5, 5.41) is 0. The maximum atomic E-state index is 11.9. The molecule has 0 amide bonds. The average molecular weight is 200 g/mol. The number of hydrogen-bond acceptors (Lipinski definition) is 2. The van der Waals surface area contributed by atoms with Crippen molar-refractivity contribution < 1.29 is 18.3 Å². The highest BCUT2D eigenvalue weighted by molar-refractivity contribution is 5.94. The van der Waals surface area contributed by atoms with Crippen LogP contribution in [-0.2, 0) is 0 Å². The van der Waals surface area contributed by atoms with Crippen LogP contribution >= 0.6 is 0 Å². The number of carbonyl (C=O) groups is 1. The summed E-state index contributed by atoms with van der Waals surface area (Å²) in [5.74, 6) is 0.00157. The molecule has 0 saturated heterocycles. The predicted molar refractivity (Wildman–Crippen MR) is 47.8 cm³/mol. The zero-order chi connectivity index (χ0) is 10.7. The number of Topliss-reactive ketones (excluding diaryl/α,β-unsaturated/α-hetero) is 1. The molecular weight excluding hydrogens is 190 g/mol. The van der Waals surface area contributed by atoms with Crippen molar-refractivity contribution in [1.29, 1.82) is 0 Å². The molecule has 0 radical (unpaired) electrons. The van der Waals surface area contributed by atoms with Crippen molar-refractivity contribution in [3.05, 3.63) is 29.3 Å². The van der Waals surface area contributed by atoms with E-state index in [-0.39, 0.29) is 11.5 Å². The third-order valence-corrected chi connectivity index (χ3v) is 1.80. The highest BCUT2D eigenvalue weighted by Crippen LogP contribution is 2.21. The summed E-state index contributed by atoms with van der Waals surface area (Å²) in [5.41, 5.74) is 1.02. The smallest absolute Gasteiger partial charge is 0.387 e. The molecule has 0 aliphatic rings. The molecule has 0 aliphatic carbocycles. The Bertz CT molecular complexity index is 348. The zero-order valence-electron chi connectivity index (χ0n) is 7.88. The van der Waals surface area contributed by atoms with Gasteiger partial charge in [-0.15, -0.1) is 0 Å². The van der Waals surface area contributed by atoms with Crippen molar-refractivity contribution in [2.75, 3.05) is 0 Å². The molecule has 14 heavy (non-hydrogen) atoms. The van der Waals surface area contributed by atoms with Crippen LogP contribution in [0.5, 0.6) is 5.75 Å². The van der Waals surface area contributed by atoms with Gasteiger partial charge in [-0.3, -0.25) is 4.79 Å². The Morgan fingerprint density at radius 3 is 2.50 bits per heavy atom. The van der Waals surface area contributed by atoms with Gasteiger partial charge in [-0.25, -0.2) is 0 Å². The first-order chi connectivity index (χ1) is 6.50.